The van der Waals surface area contributed by atoms with E-state index in [0.29, 0.717) is 18.9 Å². The minimum absolute atomic E-state index is 0.0364. The lowest BCUT2D eigenvalue weighted by atomic mass is 9.93. The molecule has 0 radical (unpaired) electrons. The molecule has 7 heteroatoms. The number of nitrogens with two attached hydrogens (primary N) is 2. The van der Waals surface area contributed by atoms with Crippen molar-refractivity contribution in [1.82, 2.24) is 9.13 Å². The highest BCUT2D eigenvalue weighted by atomic mass is 16.2. The average Bonchev–Trinajstić information content (AvgIpc) is 2.70. The molecule has 0 saturated heterocycles. The Kier molecular flexibility index (Phi) is 7.78. The third kappa shape index (κ3) is 4.90. The molecule has 0 saturated carbocycles. The lowest BCUT2D eigenvalue weighted by Gasteiger charge is -2.20. The van der Waals surface area contributed by atoms with Gasteiger partial charge in [0.1, 0.15) is 24.0 Å². The highest BCUT2D eigenvalue weighted by Gasteiger charge is 2.25. The third-order valence-corrected chi connectivity index (χ3v) is 5.57. The Balaban J connectivity index is 2.30. The fourth-order valence-electron chi connectivity index (χ4n) is 3.72. The van der Waals surface area contributed by atoms with Crippen LogP contribution in [0.25, 0.3) is 0 Å². The molecule has 1 atom stereocenters. The lowest BCUT2D eigenvalue weighted by molar-refractivity contribution is -0.691. The SMILES string of the molecule is CCCn1c(N)c(C(=O)C[NH2+][C@H](c2ccc(C(C)C)cc2)C(C)C)c(=O)n(C)c1=O. The van der Waals surface area contributed by atoms with E-state index in [4.69, 9.17) is 5.73 Å². The van der Waals surface area contributed by atoms with Crippen molar-refractivity contribution in [2.24, 2.45) is 13.0 Å². The summed E-state index contributed by atoms with van der Waals surface area (Å²) in [6.45, 7) is 10.9. The second kappa shape index (κ2) is 9.89. The molecule has 4 N–H and O–H groups in total. The van der Waals surface area contributed by atoms with Crippen LogP contribution in [0.2, 0.25) is 0 Å². The van der Waals surface area contributed by atoms with Crippen LogP contribution in [-0.2, 0) is 13.6 Å². The second-order valence-electron chi connectivity index (χ2n) is 8.51. The first-order valence-corrected chi connectivity index (χ1v) is 10.7. The van der Waals surface area contributed by atoms with Crippen molar-refractivity contribution >= 4 is 11.6 Å². The fourth-order valence-corrected chi connectivity index (χ4v) is 3.72. The first kappa shape index (κ1) is 23.6. The number of anilines is 1. The van der Waals surface area contributed by atoms with Gasteiger partial charge in [-0.3, -0.25) is 18.7 Å². The summed E-state index contributed by atoms with van der Waals surface area (Å²) in [5.41, 5.74) is 7.26. The number of benzene rings is 1. The molecule has 0 bridgehead atoms. The van der Waals surface area contributed by atoms with Gasteiger partial charge in [0.05, 0.1) is 0 Å². The predicted molar refractivity (Wildman–Crippen MR) is 120 cm³/mol. The molecule has 0 amide bonds. The van der Waals surface area contributed by atoms with Gasteiger partial charge in [-0.05, 0) is 17.9 Å². The number of hydrogen-bond acceptors (Lipinski definition) is 4. The van der Waals surface area contributed by atoms with E-state index in [9.17, 15) is 14.4 Å². The molecule has 1 heterocycles. The molecule has 0 spiro atoms. The standard InChI is InChI=1S/C23H34N4O3/c1-7-12-27-21(24)19(22(29)26(6)23(27)30)18(28)13-25-20(15(4)5)17-10-8-16(9-11-17)14(2)3/h8-11,14-15,20,25H,7,12-13,24H2,1-6H3/p+1/t20-/m0/s1. The Labute approximate surface area is 177 Å². The van der Waals surface area contributed by atoms with Crippen molar-refractivity contribution in [2.45, 2.75) is 59.5 Å². The Morgan fingerprint density at radius 2 is 1.63 bits per heavy atom. The summed E-state index contributed by atoms with van der Waals surface area (Å²) in [6, 6.07) is 8.53. The molecular weight excluding hydrogens is 380 g/mol. The van der Waals surface area contributed by atoms with Crippen LogP contribution >= 0.6 is 0 Å². The summed E-state index contributed by atoms with van der Waals surface area (Å²) in [7, 11) is 1.38. The quantitative estimate of drug-likeness (QED) is 0.610. The fraction of sp³-hybridized carbons (Fsp3) is 0.522. The van der Waals surface area contributed by atoms with E-state index in [1.54, 1.807) is 0 Å². The van der Waals surface area contributed by atoms with E-state index in [-0.39, 0.29) is 35.7 Å². The number of carbonyl (C=O) groups excluding carboxylic acids is 1. The van der Waals surface area contributed by atoms with Gasteiger partial charge in [-0.1, -0.05) is 58.9 Å². The topological polar surface area (TPSA) is 104 Å². The summed E-state index contributed by atoms with van der Waals surface area (Å²) in [5.74, 6) is 0.352. The van der Waals surface area contributed by atoms with Crippen LogP contribution in [0.1, 0.15) is 74.5 Å². The third-order valence-electron chi connectivity index (χ3n) is 5.57. The zero-order chi connectivity index (χ0) is 22.6. The molecule has 0 aliphatic heterocycles. The first-order chi connectivity index (χ1) is 14.1. The Morgan fingerprint density at radius 3 is 2.13 bits per heavy atom. The molecular formula is C23H35N4O3+. The molecule has 1 aromatic carbocycles. The van der Waals surface area contributed by atoms with Crippen LogP contribution in [0.5, 0.6) is 0 Å². The highest BCUT2D eigenvalue weighted by Crippen LogP contribution is 2.21. The molecule has 2 aromatic rings. The van der Waals surface area contributed by atoms with Gasteiger partial charge in [-0.2, -0.15) is 0 Å². The maximum Gasteiger partial charge on any atom is 0.332 e. The van der Waals surface area contributed by atoms with Crippen molar-refractivity contribution in [3.05, 3.63) is 61.8 Å². The van der Waals surface area contributed by atoms with Crippen LogP contribution in [0, 0.1) is 5.92 Å². The summed E-state index contributed by atoms with van der Waals surface area (Å²) in [5, 5.41) is 1.95. The van der Waals surface area contributed by atoms with Crippen LogP contribution in [-0.4, -0.2) is 21.5 Å². The number of nitrogen functional groups attached to an aromatic ring is 1. The summed E-state index contributed by atoms with van der Waals surface area (Å²) in [4.78, 5) is 37.9. The summed E-state index contributed by atoms with van der Waals surface area (Å²) in [6.07, 6.45) is 0.670. The number of ketones is 1. The summed E-state index contributed by atoms with van der Waals surface area (Å²) < 4.78 is 2.27. The normalized spacial score (nSPS) is 12.5. The van der Waals surface area contributed by atoms with E-state index < -0.39 is 11.2 Å². The number of aromatic nitrogens is 2. The van der Waals surface area contributed by atoms with Crippen molar-refractivity contribution in [3.8, 4) is 0 Å². The Hall–Kier alpha value is -2.67. The lowest BCUT2D eigenvalue weighted by Crippen LogP contribution is -2.88. The van der Waals surface area contributed by atoms with Gasteiger partial charge >= 0.3 is 5.69 Å². The monoisotopic (exact) mass is 415 g/mol. The number of carbonyl (C=O) groups is 1. The Bertz CT molecular complexity index is 1000. The largest absolute Gasteiger partial charge is 0.384 e. The predicted octanol–water partition coefficient (Wildman–Crippen LogP) is 1.81. The number of rotatable bonds is 9. The van der Waals surface area contributed by atoms with Crippen molar-refractivity contribution in [1.29, 1.82) is 0 Å². The van der Waals surface area contributed by atoms with Gasteiger partial charge in [0.25, 0.3) is 5.56 Å². The average molecular weight is 416 g/mol. The van der Waals surface area contributed by atoms with Crippen molar-refractivity contribution in [2.75, 3.05) is 12.3 Å². The van der Waals surface area contributed by atoms with Crippen LogP contribution in [0.3, 0.4) is 0 Å². The number of Topliss-reactive ketones (excluding diaryl/α,β-unsaturated/α-hetero) is 1. The smallest absolute Gasteiger partial charge is 0.332 e. The van der Waals surface area contributed by atoms with Crippen LogP contribution in [0.4, 0.5) is 5.82 Å². The van der Waals surface area contributed by atoms with Gasteiger partial charge in [0, 0.05) is 25.1 Å². The minimum Gasteiger partial charge on any atom is -0.384 e. The maximum atomic E-state index is 13.0. The molecule has 0 aliphatic carbocycles. The molecule has 164 valence electrons. The van der Waals surface area contributed by atoms with Crippen LogP contribution < -0.4 is 22.3 Å². The number of hydrogen-bond donors (Lipinski definition) is 2. The van der Waals surface area contributed by atoms with Crippen LogP contribution in [0.15, 0.2) is 33.9 Å². The van der Waals surface area contributed by atoms with E-state index in [0.717, 1.165) is 10.1 Å². The molecule has 30 heavy (non-hydrogen) atoms. The van der Waals surface area contributed by atoms with Gasteiger partial charge < -0.3 is 11.1 Å². The van der Waals surface area contributed by atoms with Gasteiger partial charge in [0.2, 0.25) is 5.78 Å². The number of quaternary nitrogens is 1. The molecule has 2 rings (SSSR count). The molecule has 7 nitrogen and oxygen atoms in total. The molecule has 1 aromatic heterocycles. The summed E-state index contributed by atoms with van der Waals surface area (Å²) >= 11 is 0. The first-order valence-electron chi connectivity index (χ1n) is 10.7. The van der Waals surface area contributed by atoms with E-state index in [1.165, 1.54) is 17.2 Å². The van der Waals surface area contributed by atoms with Gasteiger partial charge in [0.15, 0.2) is 0 Å². The molecule has 0 aliphatic rings. The van der Waals surface area contributed by atoms with Crippen molar-refractivity contribution < 1.29 is 10.1 Å². The highest BCUT2D eigenvalue weighted by molar-refractivity contribution is 6.00. The second-order valence-corrected chi connectivity index (χ2v) is 8.51. The minimum atomic E-state index is -0.634. The zero-order valence-electron chi connectivity index (χ0n) is 18.9. The Morgan fingerprint density at radius 1 is 1.07 bits per heavy atom. The van der Waals surface area contributed by atoms with E-state index in [2.05, 4.69) is 52.0 Å². The zero-order valence-corrected chi connectivity index (χ0v) is 18.9. The van der Waals surface area contributed by atoms with Gasteiger partial charge in [-0.15, -0.1) is 0 Å². The molecule has 0 fully saturated rings. The van der Waals surface area contributed by atoms with E-state index >= 15 is 0 Å². The number of nitrogens with zero attached hydrogens (tertiary/aromatic N) is 2. The van der Waals surface area contributed by atoms with E-state index in [1.807, 2.05) is 12.2 Å². The van der Waals surface area contributed by atoms with Crippen molar-refractivity contribution in [3.63, 3.8) is 0 Å². The van der Waals surface area contributed by atoms with Gasteiger partial charge in [-0.25, -0.2) is 4.79 Å². The maximum absolute atomic E-state index is 13.0. The molecule has 0 unspecified atom stereocenters.